The molecule has 0 unspecified atom stereocenters. The Bertz CT molecular complexity index is 513. The highest BCUT2D eigenvalue weighted by Crippen LogP contribution is 2.12. The Labute approximate surface area is 137 Å². The summed E-state index contributed by atoms with van der Waals surface area (Å²) in [7, 11) is 0. The average Bonchev–Trinajstić information content (AvgIpc) is 2.56. The van der Waals surface area contributed by atoms with Gasteiger partial charge < -0.3 is 15.1 Å². The van der Waals surface area contributed by atoms with E-state index < -0.39 is 6.03 Å². The molecule has 6 nitrogen and oxygen atoms in total. The number of nitrogens with one attached hydrogen (secondary N) is 3. The first kappa shape index (κ1) is 17.3. The summed E-state index contributed by atoms with van der Waals surface area (Å²) in [4.78, 5) is 27.1. The van der Waals surface area contributed by atoms with E-state index >= 15 is 0 Å². The van der Waals surface area contributed by atoms with Crippen molar-refractivity contribution in [2.75, 3.05) is 37.6 Å². The number of carbonyl (C=O) groups excluding carboxylic acids is 2. The zero-order chi connectivity index (χ0) is 16.7. The van der Waals surface area contributed by atoms with Crippen molar-refractivity contribution in [2.45, 2.75) is 26.3 Å². The molecule has 0 bridgehead atoms. The molecule has 23 heavy (non-hydrogen) atoms. The van der Waals surface area contributed by atoms with Crippen molar-refractivity contribution < 1.29 is 14.5 Å². The fraction of sp³-hybridized carbons (Fsp3) is 0.529. The van der Waals surface area contributed by atoms with Gasteiger partial charge in [-0.25, -0.2) is 4.79 Å². The number of anilines is 1. The number of nitrogens with zero attached hydrogens (tertiary/aromatic N) is 1. The highest BCUT2D eigenvalue weighted by atomic mass is 16.2. The monoisotopic (exact) mass is 319 g/mol. The van der Waals surface area contributed by atoms with E-state index in [1.54, 1.807) is 0 Å². The summed E-state index contributed by atoms with van der Waals surface area (Å²) in [5.41, 5.74) is 1.23. The van der Waals surface area contributed by atoms with Crippen molar-refractivity contribution in [2.24, 2.45) is 0 Å². The highest BCUT2D eigenvalue weighted by Gasteiger charge is 2.23. The number of hydrogen-bond acceptors (Lipinski definition) is 3. The van der Waals surface area contributed by atoms with Gasteiger partial charge in [-0.2, -0.15) is 0 Å². The van der Waals surface area contributed by atoms with E-state index in [-0.39, 0.29) is 11.9 Å². The summed E-state index contributed by atoms with van der Waals surface area (Å²) in [5, 5.41) is 5.15. The maximum atomic E-state index is 11.9. The van der Waals surface area contributed by atoms with Gasteiger partial charge in [0.05, 0.1) is 26.2 Å². The van der Waals surface area contributed by atoms with Crippen LogP contribution in [0.5, 0.6) is 0 Å². The Morgan fingerprint density at radius 1 is 1.22 bits per heavy atom. The minimum absolute atomic E-state index is 0.0737. The number of amides is 3. The van der Waals surface area contributed by atoms with Gasteiger partial charge in [-0.3, -0.25) is 10.1 Å². The molecule has 1 heterocycles. The summed E-state index contributed by atoms with van der Waals surface area (Å²) in [5.74, 6) is -0.214. The van der Waals surface area contributed by atoms with Crippen molar-refractivity contribution >= 4 is 17.6 Å². The predicted octanol–water partition coefficient (Wildman–Crippen LogP) is 0.0158. The van der Waals surface area contributed by atoms with Crippen molar-refractivity contribution in [3.63, 3.8) is 0 Å². The molecular formula is C17H27N4O2+. The van der Waals surface area contributed by atoms with E-state index in [4.69, 9.17) is 0 Å². The lowest BCUT2D eigenvalue weighted by atomic mass is 10.2. The SMILES string of the molecule is CC[C@H](C)NC(=O)NC(=O)C[NH+]1CCN(c2ccccc2)CC1. The topological polar surface area (TPSA) is 65.9 Å². The third kappa shape index (κ3) is 5.56. The first-order valence-electron chi connectivity index (χ1n) is 8.32. The number of piperazine rings is 1. The normalized spacial score (nSPS) is 16.7. The molecule has 0 aromatic heterocycles. The van der Waals surface area contributed by atoms with Crippen LogP contribution in [-0.4, -0.2) is 50.7 Å². The second-order valence-electron chi connectivity index (χ2n) is 6.08. The van der Waals surface area contributed by atoms with Gasteiger partial charge in [-0.05, 0) is 25.5 Å². The lowest BCUT2D eigenvalue weighted by Gasteiger charge is -2.33. The lowest BCUT2D eigenvalue weighted by Crippen LogP contribution is -3.16. The smallest absolute Gasteiger partial charge is 0.321 e. The number of quaternary nitrogens is 1. The number of carbonyl (C=O) groups is 2. The Kier molecular flexibility index (Phi) is 6.40. The van der Waals surface area contributed by atoms with Crippen LogP contribution < -0.4 is 20.4 Å². The van der Waals surface area contributed by atoms with Gasteiger partial charge in [0.25, 0.3) is 5.91 Å². The largest absolute Gasteiger partial charge is 0.360 e. The van der Waals surface area contributed by atoms with Crippen molar-refractivity contribution in [3.8, 4) is 0 Å². The van der Waals surface area contributed by atoms with Crippen LogP contribution in [-0.2, 0) is 4.79 Å². The minimum atomic E-state index is -0.397. The van der Waals surface area contributed by atoms with Crippen LogP contribution in [0.2, 0.25) is 0 Å². The molecule has 126 valence electrons. The molecule has 1 aromatic rings. The molecule has 0 spiro atoms. The van der Waals surface area contributed by atoms with Gasteiger partial charge in [-0.15, -0.1) is 0 Å². The van der Waals surface area contributed by atoms with Gasteiger partial charge in [0, 0.05) is 11.7 Å². The zero-order valence-electron chi connectivity index (χ0n) is 14.0. The van der Waals surface area contributed by atoms with Crippen molar-refractivity contribution in [3.05, 3.63) is 30.3 Å². The van der Waals surface area contributed by atoms with Crippen LogP contribution >= 0.6 is 0 Å². The zero-order valence-corrected chi connectivity index (χ0v) is 14.0. The summed E-state index contributed by atoms with van der Waals surface area (Å²) < 4.78 is 0. The molecule has 0 aliphatic carbocycles. The highest BCUT2D eigenvalue weighted by molar-refractivity contribution is 5.94. The van der Waals surface area contributed by atoms with E-state index in [1.165, 1.54) is 10.6 Å². The van der Waals surface area contributed by atoms with Crippen LogP contribution in [0.1, 0.15) is 20.3 Å². The van der Waals surface area contributed by atoms with Gasteiger partial charge in [-0.1, -0.05) is 25.1 Å². The van der Waals surface area contributed by atoms with Crippen molar-refractivity contribution in [1.29, 1.82) is 0 Å². The second kappa shape index (κ2) is 8.53. The average molecular weight is 319 g/mol. The predicted molar refractivity (Wildman–Crippen MR) is 90.6 cm³/mol. The third-order valence-electron chi connectivity index (χ3n) is 4.25. The quantitative estimate of drug-likeness (QED) is 0.717. The summed E-state index contributed by atoms with van der Waals surface area (Å²) in [6, 6.07) is 9.99. The number of hydrogen-bond donors (Lipinski definition) is 3. The molecule has 1 fully saturated rings. The summed E-state index contributed by atoms with van der Waals surface area (Å²) in [6.45, 7) is 7.89. The molecular weight excluding hydrogens is 292 g/mol. The molecule has 3 amide bonds. The van der Waals surface area contributed by atoms with Crippen LogP contribution in [0, 0.1) is 0 Å². The third-order valence-corrected chi connectivity index (χ3v) is 4.25. The summed E-state index contributed by atoms with van der Waals surface area (Å²) in [6.07, 6.45) is 0.842. The Balaban J connectivity index is 1.71. The van der Waals surface area contributed by atoms with E-state index in [0.717, 1.165) is 32.6 Å². The van der Waals surface area contributed by atoms with E-state index in [9.17, 15) is 9.59 Å². The molecule has 3 N–H and O–H groups in total. The van der Waals surface area contributed by atoms with Crippen LogP contribution in [0.4, 0.5) is 10.5 Å². The number of benzene rings is 1. The van der Waals surface area contributed by atoms with Crippen LogP contribution in [0.3, 0.4) is 0 Å². The molecule has 1 atom stereocenters. The Morgan fingerprint density at radius 2 is 1.87 bits per heavy atom. The fourth-order valence-electron chi connectivity index (χ4n) is 2.66. The maximum Gasteiger partial charge on any atom is 0.321 e. The van der Waals surface area contributed by atoms with E-state index in [1.807, 2.05) is 32.0 Å². The van der Waals surface area contributed by atoms with Crippen LogP contribution in [0.25, 0.3) is 0 Å². The molecule has 6 heteroatoms. The maximum absolute atomic E-state index is 11.9. The standard InChI is InChI=1S/C17H26N4O2/c1-3-14(2)18-17(23)19-16(22)13-20-9-11-21(12-10-20)15-7-5-4-6-8-15/h4-8,14H,3,9-13H2,1-2H3,(H2,18,19,22,23)/p+1/t14-/m0/s1. The molecule has 1 saturated heterocycles. The van der Waals surface area contributed by atoms with E-state index in [0.29, 0.717) is 6.54 Å². The first-order chi connectivity index (χ1) is 11.1. The number of imide groups is 1. The molecule has 0 radical (unpaired) electrons. The molecule has 1 aromatic carbocycles. The van der Waals surface area contributed by atoms with Crippen molar-refractivity contribution in [1.82, 2.24) is 10.6 Å². The Morgan fingerprint density at radius 3 is 2.48 bits per heavy atom. The van der Waals surface area contributed by atoms with Gasteiger partial charge >= 0.3 is 6.03 Å². The first-order valence-corrected chi connectivity index (χ1v) is 8.32. The summed E-state index contributed by atoms with van der Waals surface area (Å²) >= 11 is 0. The second-order valence-corrected chi connectivity index (χ2v) is 6.08. The Hall–Kier alpha value is -2.08. The number of urea groups is 1. The lowest BCUT2D eigenvalue weighted by molar-refractivity contribution is -0.892. The molecule has 1 aliphatic heterocycles. The van der Waals surface area contributed by atoms with Gasteiger partial charge in [0.2, 0.25) is 0 Å². The van der Waals surface area contributed by atoms with Crippen LogP contribution in [0.15, 0.2) is 30.3 Å². The number of para-hydroxylation sites is 1. The van der Waals surface area contributed by atoms with Gasteiger partial charge in [0.15, 0.2) is 6.54 Å². The van der Waals surface area contributed by atoms with Gasteiger partial charge in [0.1, 0.15) is 0 Å². The fourth-order valence-corrected chi connectivity index (χ4v) is 2.66. The molecule has 2 rings (SSSR count). The molecule has 0 saturated carbocycles. The number of rotatable bonds is 5. The molecule has 1 aliphatic rings. The minimum Gasteiger partial charge on any atom is -0.360 e. The van der Waals surface area contributed by atoms with E-state index in [2.05, 4.69) is 27.7 Å².